The summed E-state index contributed by atoms with van der Waals surface area (Å²) in [7, 11) is 0. The van der Waals surface area contributed by atoms with Gasteiger partial charge >= 0.3 is 0 Å². The minimum absolute atomic E-state index is 0.234. The zero-order chi connectivity index (χ0) is 19.7. The Balaban J connectivity index is 1.58. The standard InChI is InChI=1S/C23H18FN3O/c1-14-3-4-17-7-10-19(13-22(17)25-14)27-23(28)20-11-12-21(26-15(20)2)16-5-8-18(24)9-6-16/h3-13H,1-2H3,(H,27,28). The topological polar surface area (TPSA) is 54.9 Å². The number of benzene rings is 2. The SMILES string of the molecule is Cc1ccc2ccc(NC(=O)c3ccc(-c4ccc(F)cc4)nc3C)cc2n1. The Bertz CT molecular complexity index is 1190. The average Bonchev–Trinajstić information content (AvgIpc) is 2.68. The summed E-state index contributed by atoms with van der Waals surface area (Å²) in [5, 5.41) is 3.93. The first kappa shape index (κ1) is 17.8. The molecule has 4 nitrogen and oxygen atoms in total. The molecule has 0 saturated heterocycles. The molecule has 4 rings (SSSR count). The number of amides is 1. The zero-order valence-electron chi connectivity index (χ0n) is 15.5. The molecule has 0 aliphatic heterocycles. The van der Waals surface area contributed by atoms with Gasteiger partial charge in [-0.2, -0.15) is 0 Å². The second kappa shape index (κ2) is 7.19. The van der Waals surface area contributed by atoms with Crippen LogP contribution in [0.4, 0.5) is 10.1 Å². The fourth-order valence-electron chi connectivity index (χ4n) is 3.08. The van der Waals surface area contributed by atoms with Crippen molar-refractivity contribution in [3.8, 4) is 11.3 Å². The number of pyridine rings is 2. The van der Waals surface area contributed by atoms with Gasteiger partial charge in [0.25, 0.3) is 5.91 Å². The van der Waals surface area contributed by atoms with Crippen LogP contribution in [0.5, 0.6) is 0 Å². The summed E-state index contributed by atoms with van der Waals surface area (Å²) >= 11 is 0. The summed E-state index contributed by atoms with van der Waals surface area (Å²) in [6.07, 6.45) is 0. The fraction of sp³-hybridized carbons (Fsp3) is 0.0870. The van der Waals surface area contributed by atoms with Crippen LogP contribution in [0.25, 0.3) is 22.2 Å². The van der Waals surface area contributed by atoms with Crippen LogP contribution in [0.3, 0.4) is 0 Å². The Morgan fingerprint density at radius 2 is 1.64 bits per heavy atom. The Hall–Kier alpha value is -3.60. The van der Waals surface area contributed by atoms with Crippen LogP contribution in [-0.2, 0) is 0 Å². The van der Waals surface area contributed by atoms with E-state index in [1.807, 2.05) is 37.3 Å². The number of carbonyl (C=O) groups excluding carboxylic acids is 1. The first-order chi connectivity index (χ1) is 13.5. The summed E-state index contributed by atoms with van der Waals surface area (Å²) in [5.74, 6) is -0.529. The highest BCUT2D eigenvalue weighted by Crippen LogP contribution is 2.22. The molecule has 1 N–H and O–H groups in total. The number of aryl methyl sites for hydroxylation is 2. The summed E-state index contributed by atoms with van der Waals surface area (Å²) < 4.78 is 13.1. The summed E-state index contributed by atoms with van der Waals surface area (Å²) in [4.78, 5) is 21.7. The third-order valence-corrected chi connectivity index (χ3v) is 4.56. The van der Waals surface area contributed by atoms with Crippen molar-refractivity contribution < 1.29 is 9.18 Å². The van der Waals surface area contributed by atoms with Crippen molar-refractivity contribution in [2.75, 3.05) is 5.32 Å². The van der Waals surface area contributed by atoms with Gasteiger partial charge in [0.05, 0.1) is 22.5 Å². The maximum atomic E-state index is 13.1. The van der Waals surface area contributed by atoms with Gasteiger partial charge < -0.3 is 5.32 Å². The molecule has 5 heteroatoms. The molecule has 28 heavy (non-hydrogen) atoms. The van der Waals surface area contributed by atoms with Gasteiger partial charge in [-0.25, -0.2) is 4.39 Å². The number of fused-ring (bicyclic) bond motifs is 1. The van der Waals surface area contributed by atoms with E-state index in [9.17, 15) is 9.18 Å². The van der Waals surface area contributed by atoms with Crippen molar-refractivity contribution in [3.05, 3.63) is 89.5 Å². The lowest BCUT2D eigenvalue weighted by Crippen LogP contribution is -2.14. The first-order valence-electron chi connectivity index (χ1n) is 8.92. The highest BCUT2D eigenvalue weighted by molar-refractivity contribution is 6.05. The normalized spacial score (nSPS) is 10.8. The van der Waals surface area contributed by atoms with E-state index in [0.717, 1.165) is 22.2 Å². The van der Waals surface area contributed by atoms with Gasteiger partial charge in [-0.05, 0) is 68.4 Å². The molecule has 2 aromatic heterocycles. The van der Waals surface area contributed by atoms with Gasteiger partial charge in [0.15, 0.2) is 0 Å². The van der Waals surface area contributed by atoms with Crippen LogP contribution >= 0.6 is 0 Å². The van der Waals surface area contributed by atoms with Crippen LogP contribution in [0.2, 0.25) is 0 Å². The van der Waals surface area contributed by atoms with Crippen LogP contribution in [0, 0.1) is 19.7 Å². The summed E-state index contributed by atoms with van der Waals surface area (Å²) in [5.41, 5.74) is 5.02. The molecule has 0 bridgehead atoms. The average molecular weight is 371 g/mol. The molecule has 0 atom stereocenters. The van der Waals surface area contributed by atoms with E-state index in [1.165, 1.54) is 12.1 Å². The predicted molar refractivity (Wildman–Crippen MR) is 109 cm³/mol. The molecule has 0 aliphatic rings. The lowest BCUT2D eigenvalue weighted by atomic mass is 10.1. The number of hydrogen-bond acceptors (Lipinski definition) is 3. The lowest BCUT2D eigenvalue weighted by molar-refractivity contribution is 0.102. The molecule has 0 saturated carbocycles. The Kier molecular flexibility index (Phi) is 4.57. The molecule has 138 valence electrons. The van der Waals surface area contributed by atoms with Crippen molar-refractivity contribution in [2.45, 2.75) is 13.8 Å². The van der Waals surface area contributed by atoms with E-state index >= 15 is 0 Å². The van der Waals surface area contributed by atoms with E-state index < -0.39 is 0 Å². The number of rotatable bonds is 3. The smallest absolute Gasteiger partial charge is 0.257 e. The largest absolute Gasteiger partial charge is 0.322 e. The molecule has 2 aromatic carbocycles. The second-order valence-electron chi connectivity index (χ2n) is 6.65. The number of carbonyl (C=O) groups is 1. The molecule has 0 spiro atoms. The van der Waals surface area contributed by atoms with Crippen molar-refractivity contribution in [3.63, 3.8) is 0 Å². The van der Waals surface area contributed by atoms with Crippen molar-refractivity contribution in [1.82, 2.24) is 9.97 Å². The monoisotopic (exact) mass is 371 g/mol. The summed E-state index contributed by atoms with van der Waals surface area (Å²) in [6.45, 7) is 3.72. The van der Waals surface area contributed by atoms with Gasteiger partial charge in [-0.3, -0.25) is 14.8 Å². The van der Waals surface area contributed by atoms with Crippen LogP contribution in [-0.4, -0.2) is 15.9 Å². The van der Waals surface area contributed by atoms with E-state index in [1.54, 1.807) is 31.2 Å². The van der Waals surface area contributed by atoms with Crippen molar-refractivity contribution in [1.29, 1.82) is 0 Å². The summed E-state index contributed by atoms with van der Waals surface area (Å²) in [6, 6.07) is 19.2. The third-order valence-electron chi connectivity index (χ3n) is 4.56. The minimum atomic E-state index is -0.295. The number of halogens is 1. The molecular weight excluding hydrogens is 353 g/mol. The van der Waals surface area contributed by atoms with E-state index in [4.69, 9.17) is 0 Å². The highest BCUT2D eigenvalue weighted by atomic mass is 19.1. The zero-order valence-corrected chi connectivity index (χ0v) is 15.5. The number of aromatic nitrogens is 2. The number of anilines is 1. The molecular formula is C23H18FN3O. The molecule has 2 heterocycles. The maximum absolute atomic E-state index is 13.1. The van der Waals surface area contributed by atoms with Gasteiger partial charge in [0.1, 0.15) is 5.82 Å². The quantitative estimate of drug-likeness (QED) is 0.531. The molecule has 4 aromatic rings. The fourth-order valence-corrected chi connectivity index (χ4v) is 3.08. The number of nitrogens with zero attached hydrogens (tertiary/aromatic N) is 2. The van der Waals surface area contributed by atoms with Crippen LogP contribution in [0.15, 0.2) is 66.7 Å². The van der Waals surface area contributed by atoms with Crippen molar-refractivity contribution in [2.24, 2.45) is 0 Å². The van der Waals surface area contributed by atoms with Gasteiger partial charge in [0.2, 0.25) is 0 Å². The van der Waals surface area contributed by atoms with E-state index in [2.05, 4.69) is 15.3 Å². The first-order valence-corrected chi connectivity index (χ1v) is 8.92. The van der Waals surface area contributed by atoms with Crippen LogP contribution in [0.1, 0.15) is 21.7 Å². The Morgan fingerprint density at radius 3 is 2.39 bits per heavy atom. The molecule has 0 aliphatic carbocycles. The molecule has 0 unspecified atom stereocenters. The molecule has 1 amide bonds. The third kappa shape index (κ3) is 3.60. The van der Waals surface area contributed by atoms with Crippen molar-refractivity contribution >= 4 is 22.5 Å². The van der Waals surface area contributed by atoms with Gasteiger partial charge in [-0.1, -0.05) is 12.1 Å². The second-order valence-corrected chi connectivity index (χ2v) is 6.65. The molecule has 0 radical (unpaired) electrons. The Morgan fingerprint density at radius 1 is 0.893 bits per heavy atom. The van der Waals surface area contributed by atoms with E-state index in [0.29, 0.717) is 22.6 Å². The highest BCUT2D eigenvalue weighted by Gasteiger charge is 2.12. The van der Waals surface area contributed by atoms with Gasteiger partial charge in [-0.15, -0.1) is 0 Å². The van der Waals surface area contributed by atoms with E-state index in [-0.39, 0.29) is 11.7 Å². The predicted octanol–water partition coefficient (Wildman–Crippen LogP) is 5.31. The number of hydrogen-bond donors (Lipinski definition) is 1. The Labute approximate surface area is 162 Å². The minimum Gasteiger partial charge on any atom is -0.322 e. The molecule has 0 fully saturated rings. The lowest BCUT2D eigenvalue weighted by Gasteiger charge is -2.10. The van der Waals surface area contributed by atoms with Gasteiger partial charge in [0, 0.05) is 22.3 Å². The van der Waals surface area contributed by atoms with Crippen LogP contribution < -0.4 is 5.32 Å². The maximum Gasteiger partial charge on any atom is 0.257 e. The number of nitrogens with one attached hydrogen (secondary N) is 1.